The zero-order valence-electron chi connectivity index (χ0n) is 17.3. The fraction of sp³-hybridized carbons (Fsp3) is 0.556. The van der Waals surface area contributed by atoms with Gasteiger partial charge in [0.2, 0.25) is 0 Å². The van der Waals surface area contributed by atoms with Crippen LogP contribution in [0.2, 0.25) is 0 Å². The van der Waals surface area contributed by atoms with Crippen molar-refractivity contribution in [3.05, 3.63) is 24.0 Å². The van der Waals surface area contributed by atoms with E-state index in [4.69, 9.17) is 26.8 Å². The van der Waals surface area contributed by atoms with Gasteiger partial charge in [-0.05, 0) is 44.3 Å². The van der Waals surface area contributed by atoms with Crippen LogP contribution in [0.4, 0.5) is 20.6 Å². The highest BCUT2D eigenvalue weighted by molar-refractivity contribution is 7.86. The summed E-state index contributed by atoms with van der Waals surface area (Å²) in [5, 5.41) is 8.25. The minimum Gasteiger partial charge on any atom is -0.468 e. The van der Waals surface area contributed by atoms with Crippen LogP contribution < -0.4 is 20.3 Å². The molecule has 2 heterocycles. The second kappa shape index (κ2) is 9.51. The molecule has 2 aliphatic heterocycles. The van der Waals surface area contributed by atoms with Gasteiger partial charge in [0.1, 0.15) is 11.9 Å². The predicted octanol–water partition coefficient (Wildman–Crippen LogP) is 0.776. The number of nitrogens with two attached hydrogens (primary N) is 1. The van der Waals surface area contributed by atoms with Crippen molar-refractivity contribution in [1.82, 2.24) is 9.62 Å². The van der Waals surface area contributed by atoms with E-state index in [9.17, 15) is 17.6 Å². The number of carbonyl (C=O) groups excluding carboxylic acids is 1. The Morgan fingerprint density at radius 3 is 2.61 bits per heavy atom. The van der Waals surface area contributed by atoms with Crippen LogP contribution in [0.1, 0.15) is 13.8 Å². The van der Waals surface area contributed by atoms with Crippen molar-refractivity contribution in [3.63, 3.8) is 0 Å². The zero-order chi connectivity index (χ0) is 22.8. The fourth-order valence-corrected chi connectivity index (χ4v) is 4.34. The molecule has 172 valence electrons. The summed E-state index contributed by atoms with van der Waals surface area (Å²) >= 11 is 5.05. The molecule has 1 amide bonds. The molecule has 3 N–H and O–H groups in total. The number of hydrogen-bond donors (Lipinski definition) is 2. The van der Waals surface area contributed by atoms with Crippen molar-refractivity contribution in [2.24, 2.45) is 5.14 Å². The molecule has 2 saturated heterocycles. The summed E-state index contributed by atoms with van der Waals surface area (Å²) in [6.07, 6.45) is -1.10. The van der Waals surface area contributed by atoms with E-state index in [0.29, 0.717) is 24.5 Å². The highest BCUT2D eigenvalue weighted by Gasteiger charge is 2.33. The van der Waals surface area contributed by atoms with Crippen LogP contribution in [0.5, 0.6) is 0 Å². The molecule has 1 unspecified atom stereocenters. The lowest BCUT2D eigenvalue weighted by atomic mass is 10.2. The van der Waals surface area contributed by atoms with E-state index in [1.54, 1.807) is 17.0 Å². The number of thiocarbonyl (C=S) groups is 1. The van der Waals surface area contributed by atoms with Gasteiger partial charge in [-0.1, -0.05) is 0 Å². The molecule has 2 fully saturated rings. The van der Waals surface area contributed by atoms with Crippen LogP contribution in [-0.2, 0) is 19.7 Å². The third-order valence-corrected chi connectivity index (χ3v) is 6.20. The molecule has 0 bridgehead atoms. The molecule has 0 spiro atoms. The minimum atomic E-state index is -3.75. The van der Waals surface area contributed by atoms with Gasteiger partial charge in [-0.2, -0.15) is 12.7 Å². The van der Waals surface area contributed by atoms with E-state index in [1.807, 2.05) is 13.8 Å². The number of carbonyl (C=O) groups is 1. The average molecular weight is 476 g/mol. The summed E-state index contributed by atoms with van der Waals surface area (Å²) < 4.78 is 49.4. The van der Waals surface area contributed by atoms with Gasteiger partial charge in [0.15, 0.2) is 0 Å². The topological polar surface area (TPSA) is 117 Å². The largest absolute Gasteiger partial charge is 0.468 e. The van der Waals surface area contributed by atoms with Gasteiger partial charge in [-0.15, -0.1) is 0 Å². The van der Waals surface area contributed by atoms with Gasteiger partial charge in [-0.3, -0.25) is 4.90 Å². The molecule has 1 aromatic rings. The van der Waals surface area contributed by atoms with Gasteiger partial charge in [-0.25, -0.2) is 14.3 Å². The molecular weight excluding hydrogens is 449 g/mol. The number of cyclic esters (lactones) is 1. The third kappa shape index (κ3) is 5.93. The van der Waals surface area contributed by atoms with Crippen molar-refractivity contribution >= 4 is 45.1 Å². The molecule has 2 aliphatic rings. The number of nitrogens with zero attached hydrogens (tertiary/aromatic N) is 3. The maximum Gasteiger partial charge on any atom is 0.414 e. The first kappa shape index (κ1) is 23.4. The number of hydrogen-bond acceptors (Lipinski definition) is 7. The number of halogens is 1. The van der Waals surface area contributed by atoms with Gasteiger partial charge in [0.25, 0.3) is 15.4 Å². The zero-order valence-corrected chi connectivity index (χ0v) is 18.9. The molecule has 1 aromatic carbocycles. The Morgan fingerprint density at radius 1 is 1.35 bits per heavy atom. The highest BCUT2D eigenvalue weighted by atomic mass is 32.2. The normalized spacial score (nSPS) is 20.2. The number of amides is 1. The summed E-state index contributed by atoms with van der Waals surface area (Å²) in [7, 11) is -3.75. The van der Waals surface area contributed by atoms with Crippen molar-refractivity contribution < 1.29 is 27.1 Å². The van der Waals surface area contributed by atoms with E-state index in [0.717, 1.165) is 4.31 Å². The Bertz CT molecular complexity index is 937. The van der Waals surface area contributed by atoms with Gasteiger partial charge >= 0.3 is 6.09 Å². The van der Waals surface area contributed by atoms with Crippen LogP contribution >= 0.6 is 12.2 Å². The van der Waals surface area contributed by atoms with Gasteiger partial charge in [0.05, 0.1) is 30.6 Å². The molecule has 0 aliphatic carbocycles. The predicted molar refractivity (Wildman–Crippen MR) is 118 cm³/mol. The number of piperazine rings is 1. The van der Waals surface area contributed by atoms with E-state index in [2.05, 4.69) is 5.32 Å². The van der Waals surface area contributed by atoms with E-state index in [-0.39, 0.29) is 37.5 Å². The molecule has 0 aromatic heterocycles. The highest BCUT2D eigenvalue weighted by Crippen LogP contribution is 2.28. The van der Waals surface area contributed by atoms with Crippen LogP contribution in [0.3, 0.4) is 0 Å². The minimum absolute atomic E-state index is 0.0631. The number of anilines is 2. The SMILES string of the molecule is CC(C)OC(=S)NCC1CN(c2ccc(N3CCN(S(N)(=O)=O)CC3)c(F)c2)C(=O)O1. The summed E-state index contributed by atoms with van der Waals surface area (Å²) in [5.41, 5.74) is 0.706. The van der Waals surface area contributed by atoms with Crippen LogP contribution in [0.15, 0.2) is 18.2 Å². The van der Waals surface area contributed by atoms with Crippen LogP contribution in [0, 0.1) is 5.82 Å². The molecule has 31 heavy (non-hydrogen) atoms. The first-order valence-corrected chi connectivity index (χ1v) is 11.7. The third-order valence-electron chi connectivity index (χ3n) is 4.87. The summed E-state index contributed by atoms with van der Waals surface area (Å²) in [4.78, 5) is 15.3. The molecular formula is C18H26FN5O5S2. The lowest BCUT2D eigenvalue weighted by molar-refractivity contribution is 0.140. The molecule has 1 atom stereocenters. The van der Waals surface area contributed by atoms with Crippen LogP contribution in [-0.4, -0.2) is 75.5 Å². The fourth-order valence-electron chi connectivity index (χ4n) is 3.40. The number of rotatable bonds is 6. The first-order valence-electron chi connectivity index (χ1n) is 9.79. The summed E-state index contributed by atoms with van der Waals surface area (Å²) in [6.45, 7) is 5.19. The van der Waals surface area contributed by atoms with Crippen molar-refractivity contribution in [3.8, 4) is 0 Å². The smallest absolute Gasteiger partial charge is 0.414 e. The Morgan fingerprint density at radius 2 is 2.03 bits per heavy atom. The lowest BCUT2D eigenvalue weighted by Crippen LogP contribution is -2.50. The number of benzene rings is 1. The molecule has 0 saturated carbocycles. The number of nitrogens with one attached hydrogen (secondary N) is 1. The van der Waals surface area contributed by atoms with Gasteiger partial charge in [0, 0.05) is 26.2 Å². The second-order valence-electron chi connectivity index (χ2n) is 7.52. The Labute approximate surface area is 186 Å². The van der Waals surface area contributed by atoms with Crippen molar-refractivity contribution in [2.45, 2.75) is 26.1 Å². The van der Waals surface area contributed by atoms with Crippen molar-refractivity contribution in [2.75, 3.05) is 49.1 Å². The van der Waals surface area contributed by atoms with Crippen LogP contribution in [0.25, 0.3) is 0 Å². The molecule has 0 radical (unpaired) electrons. The first-order chi connectivity index (χ1) is 14.5. The lowest BCUT2D eigenvalue weighted by Gasteiger charge is -2.34. The van der Waals surface area contributed by atoms with E-state index >= 15 is 0 Å². The number of ether oxygens (including phenoxy) is 2. The Kier molecular flexibility index (Phi) is 7.19. The Hall–Kier alpha value is -2.22. The summed E-state index contributed by atoms with van der Waals surface area (Å²) in [5.74, 6) is -0.512. The molecule has 13 heteroatoms. The van der Waals surface area contributed by atoms with E-state index in [1.165, 1.54) is 11.0 Å². The average Bonchev–Trinajstić information content (AvgIpc) is 3.06. The Balaban J connectivity index is 1.60. The van der Waals surface area contributed by atoms with Gasteiger partial charge < -0.3 is 19.7 Å². The quantitative estimate of drug-likeness (QED) is 0.580. The van der Waals surface area contributed by atoms with E-state index < -0.39 is 28.2 Å². The summed E-state index contributed by atoms with van der Waals surface area (Å²) in [6, 6.07) is 4.47. The molecule has 3 rings (SSSR count). The van der Waals surface area contributed by atoms with Crippen molar-refractivity contribution in [1.29, 1.82) is 0 Å². The second-order valence-corrected chi connectivity index (χ2v) is 9.44. The molecule has 10 nitrogen and oxygen atoms in total. The maximum atomic E-state index is 14.8. The standard InChI is InChI=1S/C18H26FN5O5S2/c1-12(2)28-17(30)21-10-14-11-24(18(25)29-14)13-3-4-16(15(19)9-13)22-5-7-23(8-6-22)31(20,26)27/h3-4,9,12,14H,5-8,10-11H2,1-2H3,(H,21,30)(H2,20,26,27). The monoisotopic (exact) mass is 475 g/mol. The maximum absolute atomic E-state index is 14.8.